The highest BCUT2D eigenvalue weighted by Gasteiger charge is 2.35. The fraction of sp³-hybridized carbons (Fsp3) is 0.400. The molecule has 1 fully saturated rings. The Kier molecular flexibility index (Phi) is 4.51. The molecule has 1 aromatic carbocycles. The molecule has 0 spiro atoms. The van der Waals surface area contributed by atoms with Gasteiger partial charge in [-0.05, 0) is 62.4 Å². The second-order valence-electron chi connectivity index (χ2n) is 7.30. The summed E-state index contributed by atoms with van der Waals surface area (Å²) >= 11 is 0. The molecule has 7 nitrogen and oxygen atoms in total. The zero-order valence-corrected chi connectivity index (χ0v) is 15.6. The molecule has 0 bridgehead atoms. The van der Waals surface area contributed by atoms with E-state index in [2.05, 4.69) is 33.0 Å². The van der Waals surface area contributed by atoms with Crippen LogP contribution >= 0.6 is 0 Å². The van der Waals surface area contributed by atoms with Crippen LogP contribution in [-0.2, 0) is 22.4 Å². The standard InChI is InChI=1S/C20H23N5O2/c1-12-8-13(2)22-20(21-12)24-23-19(27)16-10-18(26)25(11-16)17-7-6-14-4-3-5-15(14)9-17/h6-9,16H,3-5,10-11H2,1-2H3,(H,23,27)(H,21,22,24)/t16-/m1/s1. The van der Waals surface area contributed by atoms with Crippen LogP contribution in [-0.4, -0.2) is 28.3 Å². The number of hydrogen-bond donors (Lipinski definition) is 2. The molecule has 1 saturated heterocycles. The van der Waals surface area contributed by atoms with E-state index in [-0.39, 0.29) is 18.2 Å². The molecule has 7 heteroatoms. The highest BCUT2D eigenvalue weighted by atomic mass is 16.2. The summed E-state index contributed by atoms with van der Waals surface area (Å²) < 4.78 is 0. The summed E-state index contributed by atoms with van der Waals surface area (Å²) in [6.45, 7) is 4.12. The number of nitrogens with one attached hydrogen (secondary N) is 2. The third-order valence-corrected chi connectivity index (χ3v) is 5.17. The second kappa shape index (κ2) is 6.98. The van der Waals surface area contributed by atoms with Crippen molar-refractivity contribution in [2.75, 3.05) is 16.9 Å². The van der Waals surface area contributed by atoms with Gasteiger partial charge in [0.1, 0.15) is 0 Å². The van der Waals surface area contributed by atoms with E-state index >= 15 is 0 Å². The maximum atomic E-state index is 12.5. The number of nitrogens with zero attached hydrogens (tertiary/aromatic N) is 3. The van der Waals surface area contributed by atoms with Crippen molar-refractivity contribution < 1.29 is 9.59 Å². The highest BCUT2D eigenvalue weighted by Crippen LogP contribution is 2.30. The van der Waals surface area contributed by atoms with E-state index in [9.17, 15) is 9.59 Å². The highest BCUT2D eigenvalue weighted by molar-refractivity contribution is 6.00. The number of amides is 2. The van der Waals surface area contributed by atoms with Crippen LogP contribution in [0.15, 0.2) is 24.3 Å². The minimum atomic E-state index is -0.399. The van der Waals surface area contributed by atoms with Gasteiger partial charge < -0.3 is 4.90 Å². The molecule has 1 atom stereocenters. The lowest BCUT2D eigenvalue weighted by Gasteiger charge is -2.18. The van der Waals surface area contributed by atoms with Crippen molar-refractivity contribution in [2.24, 2.45) is 5.92 Å². The predicted molar refractivity (Wildman–Crippen MR) is 102 cm³/mol. The normalized spacial score (nSPS) is 18.5. The van der Waals surface area contributed by atoms with Gasteiger partial charge >= 0.3 is 0 Å². The maximum Gasteiger partial charge on any atom is 0.243 e. The lowest BCUT2D eigenvalue weighted by atomic mass is 10.1. The molecule has 4 rings (SSSR count). The van der Waals surface area contributed by atoms with Crippen molar-refractivity contribution in [3.05, 3.63) is 46.8 Å². The molecule has 2 amide bonds. The van der Waals surface area contributed by atoms with Crippen LogP contribution < -0.4 is 15.8 Å². The number of carbonyl (C=O) groups is 2. The summed E-state index contributed by atoms with van der Waals surface area (Å²) in [5.74, 6) is -0.296. The average Bonchev–Trinajstić information content (AvgIpc) is 3.24. The van der Waals surface area contributed by atoms with Crippen LogP contribution in [0, 0.1) is 19.8 Å². The molecule has 0 radical (unpaired) electrons. The molecule has 1 aromatic heterocycles. The molecule has 0 saturated carbocycles. The number of rotatable bonds is 4. The molecule has 1 aliphatic carbocycles. The van der Waals surface area contributed by atoms with Crippen LogP contribution in [0.25, 0.3) is 0 Å². The summed E-state index contributed by atoms with van der Waals surface area (Å²) in [6, 6.07) is 8.06. The second-order valence-corrected chi connectivity index (χ2v) is 7.30. The van der Waals surface area contributed by atoms with Gasteiger partial charge in [-0.3, -0.25) is 20.4 Å². The first kappa shape index (κ1) is 17.5. The minimum absolute atomic E-state index is 0.0178. The Morgan fingerprint density at radius 1 is 1.11 bits per heavy atom. The number of hydrogen-bond acceptors (Lipinski definition) is 5. The zero-order chi connectivity index (χ0) is 19.0. The van der Waals surface area contributed by atoms with Crippen LogP contribution in [0.2, 0.25) is 0 Å². The summed E-state index contributed by atoms with van der Waals surface area (Å²) in [6.07, 6.45) is 3.55. The van der Waals surface area contributed by atoms with Gasteiger partial charge in [-0.25, -0.2) is 9.97 Å². The van der Waals surface area contributed by atoms with E-state index < -0.39 is 5.92 Å². The molecule has 0 unspecified atom stereocenters. The molecule has 1 aliphatic heterocycles. The zero-order valence-electron chi connectivity index (χ0n) is 15.6. The quantitative estimate of drug-likeness (QED) is 0.810. The topological polar surface area (TPSA) is 87.2 Å². The lowest BCUT2D eigenvalue weighted by molar-refractivity contribution is -0.125. The van der Waals surface area contributed by atoms with E-state index in [1.165, 1.54) is 17.5 Å². The van der Waals surface area contributed by atoms with Crippen molar-refractivity contribution in [1.29, 1.82) is 0 Å². The van der Waals surface area contributed by atoms with E-state index in [4.69, 9.17) is 0 Å². The summed E-state index contributed by atoms with van der Waals surface area (Å²) in [5.41, 5.74) is 10.6. The Hall–Kier alpha value is -2.96. The van der Waals surface area contributed by atoms with Gasteiger partial charge in [-0.1, -0.05) is 6.07 Å². The van der Waals surface area contributed by atoms with Gasteiger partial charge in [0, 0.05) is 30.0 Å². The van der Waals surface area contributed by atoms with Gasteiger partial charge in [0.05, 0.1) is 5.92 Å². The largest absolute Gasteiger partial charge is 0.312 e. The number of benzene rings is 1. The third-order valence-electron chi connectivity index (χ3n) is 5.17. The minimum Gasteiger partial charge on any atom is -0.312 e. The number of anilines is 2. The van der Waals surface area contributed by atoms with Crippen molar-refractivity contribution in [3.63, 3.8) is 0 Å². The number of aromatic nitrogens is 2. The Balaban J connectivity index is 1.40. The molecular formula is C20H23N5O2. The van der Waals surface area contributed by atoms with Crippen LogP contribution in [0.5, 0.6) is 0 Å². The van der Waals surface area contributed by atoms with E-state index in [0.29, 0.717) is 12.5 Å². The summed E-state index contributed by atoms with van der Waals surface area (Å²) in [4.78, 5) is 35.1. The maximum absolute atomic E-state index is 12.5. The van der Waals surface area contributed by atoms with Crippen LogP contribution in [0.1, 0.15) is 35.4 Å². The number of carbonyl (C=O) groups excluding carboxylic acids is 2. The monoisotopic (exact) mass is 365 g/mol. The van der Waals surface area contributed by atoms with E-state index in [1.807, 2.05) is 26.0 Å². The number of aryl methyl sites for hydroxylation is 4. The number of fused-ring (bicyclic) bond motifs is 1. The first-order chi connectivity index (χ1) is 13.0. The predicted octanol–water partition coefficient (Wildman–Crippen LogP) is 2.08. The fourth-order valence-corrected chi connectivity index (χ4v) is 3.86. The Labute approximate surface area is 158 Å². The Morgan fingerprint density at radius 3 is 2.63 bits per heavy atom. The smallest absolute Gasteiger partial charge is 0.243 e. The van der Waals surface area contributed by atoms with Gasteiger partial charge in [0.25, 0.3) is 0 Å². The summed E-state index contributed by atoms with van der Waals surface area (Å²) in [7, 11) is 0. The van der Waals surface area contributed by atoms with Crippen LogP contribution in [0.4, 0.5) is 11.6 Å². The van der Waals surface area contributed by atoms with Gasteiger partial charge in [0.2, 0.25) is 17.8 Å². The first-order valence-corrected chi connectivity index (χ1v) is 9.30. The summed E-state index contributed by atoms with van der Waals surface area (Å²) in [5, 5.41) is 0. The first-order valence-electron chi connectivity index (χ1n) is 9.30. The number of hydrazine groups is 1. The molecule has 140 valence electrons. The molecule has 2 aliphatic rings. The van der Waals surface area contributed by atoms with E-state index in [1.54, 1.807) is 4.90 Å². The molecule has 2 heterocycles. The molecule has 27 heavy (non-hydrogen) atoms. The van der Waals surface area contributed by atoms with E-state index in [0.717, 1.165) is 29.9 Å². The third kappa shape index (κ3) is 3.63. The van der Waals surface area contributed by atoms with Crippen LogP contribution in [0.3, 0.4) is 0 Å². The fourth-order valence-electron chi connectivity index (χ4n) is 3.86. The van der Waals surface area contributed by atoms with Gasteiger partial charge in [-0.15, -0.1) is 0 Å². The SMILES string of the molecule is Cc1cc(C)nc(NNC(=O)[C@@H]2CC(=O)N(c3ccc4c(c3)CCC4)C2)n1. The van der Waals surface area contributed by atoms with Gasteiger partial charge in [-0.2, -0.15) is 0 Å². The molecule has 2 N–H and O–H groups in total. The average molecular weight is 365 g/mol. The van der Waals surface area contributed by atoms with Crippen molar-refractivity contribution in [2.45, 2.75) is 39.5 Å². The van der Waals surface area contributed by atoms with Crippen molar-refractivity contribution >= 4 is 23.5 Å². The van der Waals surface area contributed by atoms with Gasteiger partial charge in [0.15, 0.2) is 0 Å². The van der Waals surface area contributed by atoms with Crippen molar-refractivity contribution in [1.82, 2.24) is 15.4 Å². The Bertz CT molecular complexity index is 891. The lowest BCUT2D eigenvalue weighted by Crippen LogP contribution is -2.37. The Morgan fingerprint density at radius 2 is 1.85 bits per heavy atom. The molecular weight excluding hydrogens is 342 g/mol. The van der Waals surface area contributed by atoms with Crippen molar-refractivity contribution in [3.8, 4) is 0 Å². The molecule has 2 aromatic rings.